The summed E-state index contributed by atoms with van der Waals surface area (Å²) in [4.78, 5) is 58.9. The van der Waals surface area contributed by atoms with Crippen LogP contribution in [0.1, 0.15) is 56.9 Å². The molecule has 0 aromatic heterocycles. The number of aliphatic hydroxyl groups excluding tert-OH is 1. The van der Waals surface area contributed by atoms with Crippen LogP contribution in [-0.2, 0) is 24.0 Å². The Labute approximate surface area is 254 Å². The van der Waals surface area contributed by atoms with Gasteiger partial charge in [0.15, 0.2) is 11.5 Å². The maximum Gasteiger partial charge on any atom is 0.303 e. The molecule has 2 aliphatic carbocycles. The number of carboxylic acids is 4. The molecule has 12 heteroatoms. The Balaban J connectivity index is 1.71. The molecule has 0 saturated heterocycles. The van der Waals surface area contributed by atoms with E-state index in [4.69, 9.17) is 20.4 Å². The number of hydrogen-bond acceptors (Lipinski definition) is 7. The summed E-state index contributed by atoms with van der Waals surface area (Å²) >= 11 is 0. The molecule has 0 amide bonds. The molecular weight excluding hydrogens is 572 g/mol. The molecule has 5 N–H and O–H groups in total. The molecule has 0 aliphatic heterocycles. The Kier molecular flexibility index (Phi) is 12.4. The third-order valence-electron chi connectivity index (χ3n) is 7.60. The third-order valence-corrected chi connectivity index (χ3v) is 7.60. The number of aliphatic hydroxyl groups is 1. The summed E-state index contributed by atoms with van der Waals surface area (Å²) < 4.78 is 1.92. The number of carbonyl (C=O) groups excluding carboxylic acids is 1. The number of hydrogen-bond donors (Lipinski definition) is 5. The average molecular weight is 612 g/mol. The maximum absolute atomic E-state index is 13.2. The molecule has 0 bridgehead atoms. The van der Waals surface area contributed by atoms with Crippen molar-refractivity contribution in [1.29, 1.82) is 0 Å². The first-order chi connectivity index (χ1) is 21.0. The maximum atomic E-state index is 13.2. The highest BCUT2D eigenvalue weighted by Crippen LogP contribution is 2.42. The molecule has 236 valence electrons. The van der Waals surface area contributed by atoms with E-state index in [0.717, 1.165) is 11.4 Å². The monoisotopic (exact) mass is 611 g/mol. The fourth-order valence-corrected chi connectivity index (χ4v) is 5.37. The van der Waals surface area contributed by atoms with Crippen molar-refractivity contribution in [2.45, 2.75) is 51.4 Å². The summed E-state index contributed by atoms with van der Waals surface area (Å²) in [5.41, 5.74) is 2.30. The summed E-state index contributed by atoms with van der Waals surface area (Å²) in [6, 6.07) is 6.95. The molecule has 2 aliphatic rings. The summed E-state index contributed by atoms with van der Waals surface area (Å²) in [6.07, 6.45) is 8.76. The predicted molar refractivity (Wildman–Crippen MR) is 161 cm³/mol. The highest BCUT2D eigenvalue weighted by molar-refractivity contribution is 6.30. The lowest BCUT2D eigenvalue weighted by Gasteiger charge is -2.32. The van der Waals surface area contributed by atoms with Crippen LogP contribution < -0.4 is 4.90 Å². The Hall–Kier alpha value is -4.74. The van der Waals surface area contributed by atoms with Crippen molar-refractivity contribution in [3.8, 4) is 0 Å². The standard InChI is InChI=1S/C32H38N2O10/c35-25(36)5-1-17-33(18-2-6-26(37)38)23-13-9-21(10-14-23)29-31(43)30(32(29)44)22-11-15-24(16-12-22)34(19-3-7-27(39)40)20-4-8-28(41)42/h9-16,21,29H,1-8,17-20H2,(H4-,35,36,37,38,39,40,41,42,43,44)/p+1. The number of Topliss-reactive ketones (excluding diaryl/α,β-unsaturated/α-hetero) is 1. The first-order valence-electron chi connectivity index (χ1n) is 14.7. The SMILES string of the molecule is O=C(O)CCCN(CCCC(=O)O)c1ccc(C2=C(O)C(C3C=CC(=[N+](CCCC(=O)O)CCCC(=O)O)C=C3)C2=O)cc1. The van der Waals surface area contributed by atoms with Gasteiger partial charge in [0.2, 0.25) is 0 Å². The van der Waals surface area contributed by atoms with Gasteiger partial charge in [0.1, 0.15) is 18.8 Å². The highest BCUT2D eigenvalue weighted by Gasteiger charge is 2.44. The van der Waals surface area contributed by atoms with Crippen molar-refractivity contribution in [2.75, 3.05) is 31.1 Å². The smallest absolute Gasteiger partial charge is 0.303 e. The molecule has 12 nitrogen and oxygen atoms in total. The van der Waals surface area contributed by atoms with Gasteiger partial charge in [-0.05, 0) is 30.5 Å². The van der Waals surface area contributed by atoms with Gasteiger partial charge in [-0.15, -0.1) is 0 Å². The Morgan fingerprint density at radius 3 is 1.59 bits per heavy atom. The summed E-state index contributed by atoms with van der Waals surface area (Å²) in [6.45, 7) is 1.72. The van der Waals surface area contributed by atoms with Crippen LogP contribution in [0.2, 0.25) is 0 Å². The van der Waals surface area contributed by atoms with Crippen LogP contribution in [0.5, 0.6) is 0 Å². The van der Waals surface area contributed by atoms with Gasteiger partial charge in [-0.1, -0.05) is 24.3 Å². The fraction of sp³-hybridized carbons (Fsp3) is 0.438. The Morgan fingerprint density at radius 2 is 1.16 bits per heavy atom. The van der Waals surface area contributed by atoms with E-state index in [0.29, 0.717) is 57.4 Å². The molecule has 1 aromatic carbocycles. The minimum absolute atomic E-state index is 0.00869. The van der Waals surface area contributed by atoms with Crippen molar-refractivity contribution in [3.63, 3.8) is 0 Å². The van der Waals surface area contributed by atoms with E-state index < -0.39 is 29.8 Å². The zero-order valence-electron chi connectivity index (χ0n) is 24.4. The van der Waals surface area contributed by atoms with Gasteiger partial charge in [0.05, 0.1) is 24.3 Å². The lowest BCUT2D eigenvalue weighted by atomic mass is 9.71. The number of aliphatic carboxylic acids is 4. The van der Waals surface area contributed by atoms with Gasteiger partial charge in [-0.3, -0.25) is 24.0 Å². The van der Waals surface area contributed by atoms with Crippen LogP contribution in [-0.4, -0.2) is 91.7 Å². The number of anilines is 1. The van der Waals surface area contributed by atoms with E-state index in [9.17, 15) is 29.1 Å². The van der Waals surface area contributed by atoms with Crippen molar-refractivity contribution in [3.05, 3.63) is 59.9 Å². The number of rotatable bonds is 19. The Morgan fingerprint density at radius 1 is 0.705 bits per heavy atom. The Bertz CT molecular complexity index is 1320. The van der Waals surface area contributed by atoms with Crippen LogP contribution in [0.25, 0.3) is 5.57 Å². The first-order valence-corrected chi connectivity index (χ1v) is 14.7. The normalized spacial score (nSPS) is 17.4. The lowest BCUT2D eigenvalue weighted by molar-refractivity contribution is -0.527. The number of nitrogens with zero attached hydrogens (tertiary/aromatic N) is 2. The van der Waals surface area contributed by atoms with E-state index >= 15 is 0 Å². The van der Waals surface area contributed by atoms with E-state index in [1.54, 1.807) is 24.3 Å². The number of ketones is 1. The van der Waals surface area contributed by atoms with Crippen LogP contribution in [0, 0.1) is 11.8 Å². The second kappa shape index (κ2) is 16.2. The average Bonchev–Trinajstić information content (AvgIpc) is 2.96. The van der Waals surface area contributed by atoms with Gasteiger partial charge in [0, 0.05) is 62.5 Å². The molecule has 0 heterocycles. The largest absolute Gasteiger partial charge is 0.511 e. The second-order valence-electron chi connectivity index (χ2n) is 10.8. The topological polar surface area (TPSA) is 193 Å². The first kappa shape index (κ1) is 33.8. The molecule has 1 atom stereocenters. The van der Waals surface area contributed by atoms with E-state index in [2.05, 4.69) is 0 Å². The molecule has 0 fully saturated rings. The van der Waals surface area contributed by atoms with Crippen LogP contribution in [0.4, 0.5) is 5.69 Å². The summed E-state index contributed by atoms with van der Waals surface area (Å²) in [5.74, 6) is -4.99. The van der Waals surface area contributed by atoms with Crippen molar-refractivity contribution >= 4 is 46.6 Å². The number of benzene rings is 1. The van der Waals surface area contributed by atoms with E-state index in [-0.39, 0.29) is 48.7 Å². The molecule has 0 saturated carbocycles. The van der Waals surface area contributed by atoms with Gasteiger partial charge in [-0.2, -0.15) is 0 Å². The molecule has 0 spiro atoms. The lowest BCUT2D eigenvalue weighted by Crippen LogP contribution is -2.36. The summed E-state index contributed by atoms with van der Waals surface area (Å²) in [7, 11) is 0. The minimum Gasteiger partial charge on any atom is -0.511 e. The molecule has 3 rings (SSSR count). The minimum atomic E-state index is -0.910. The van der Waals surface area contributed by atoms with Gasteiger partial charge in [0.25, 0.3) is 0 Å². The van der Waals surface area contributed by atoms with Crippen molar-refractivity contribution < 1.29 is 54.1 Å². The van der Waals surface area contributed by atoms with E-state index in [1.807, 2.05) is 33.8 Å². The molecule has 44 heavy (non-hydrogen) atoms. The quantitative estimate of drug-likeness (QED) is 0.144. The van der Waals surface area contributed by atoms with Crippen molar-refractivity contribution in [1.82, 2.24) is 0 Å². The van der Waals surface area contributed by atoms with Gasteiger partial charge >= 0.3 is 23.9 Å². The van der Waals surface area contributed by atoms with Crippen molar-refractivity contribution in [2.24, 2.45) is 11.8 Å². The van der Waals surface area contributed by atoms with E-state index in [1.165, 1.54) is 0 Å². The number of carboxylic acid groups (broad SMARTS) is 4. The molecule has 1 unspecified atom stereocenters. The number of carbonyl (C=O) groups is 5. The van der Waals surface area contributed by atoms with Gasteiger partial charge in [-0.25, -0.2) is 4.58 Å². The zero-order valence-corrected chi connectivity index (χ0v) is 24.4. The molecule has 0 radical (unpaired) electrons. The third kappa shape index (κ3) is 9.65. The molecule has 1 aromatic rings. The second-order valence-corrected chi connectivity index (χ2v) is 10.8. The van der Waals surface area contributed by atoms with Crippen LogP contribution in [0.15, 0.2) is 54.3 Å². The van der Waals surface area contributed by atoms with Crippen LogP contribution in [0.3, 0.4) is 0 Å². The molecular formula is C32H39N2O10+. The summed E-state index contributed by atoms with van der Waals surface area (Å²) in [5, 5.41) is 46.8. The highest BCUT2D eigenvalue weighted by atomic mass is 16.4. The fourth-order valence-electron chi connectivity index (χ4n) is 5.37. The van der Waals surface area contributed by atoms with Gasteiger partial charge < -0.3 is 30.4 Å². The van der Waals surface area contributed by atoms with Crippen LogP contribution >= 0.6 is 0 Å². The predicted octanol–water partition coefficient (Wildman–Crippen LogP) is 3.62. The zero-order chi connectivity index (χ0) is 32.2. The number of allylic oxidation sites excluding steroid dienone is 6.